The van der Waals surface area contributed by atoms with Gasteiger partial charge in [0.1, 0.15) is 11.6 Å². The first-order valence-corrected chi connectivity index (χ1v) is 7.89. The van der Waals surface area contributed by atoms with Gasteiger partial charge in [-0.05, 0) is 63.9 Å². The summed E-state index contributed by atoms with van der Waals surface area (Å²) in [5.74, 6) is -0.727. The molecule has 1 heterocycles. The van der Waals surface area contributed by atoms with Crippen LogP contribution >= 0.6 is 11.3 Å². The average Bonchev–Trinajstić information content (AvgIpc) is 2.72. The Labute approximate surface area is 129 Å². The van der Waals surface area contributed by atoms with Crippen molar-refractivity contribution in [3.8, 4) is 0 Å². The Morgan fingerprint density at radius 3 is 2.10 bits per heavy atom. The summed E-state index contributed by atoms with van der Waals surface area (Å²) < 4.78 is 27.7. The highest BCUT2D eigenvalue weighted by atomic mass is 32.1. The Bertz CT molecular complexity index is 648. The summed E-state index contributed by atoms with van der Waals surface area (Å²) >= 11 is 1.75. The van der Waals surface area contributed by atoms with Crippen LogP contribution in [0.3, 0.4) is 0 Å². The topological polar surface area (TPSA) is 12.0 Å². The van der Waals surface area contributed by atoms with Crippen LogP contribution in [-0.4, -0.2) is 0 Å². The van der Waals surface area contributed by atoms with Gasteiger partial charge in [-0.25, -0.2) is 8.78 Å². The zero-order chi connectivity index (χ0) is 15.7. The van der Waals surface area contributed by atoms with E-state index in [1.807, 2.05) is 13.8 Å². The molecule has 2 unspecified atom stereocenters. The molecule has 114 valence electrons. The molecule has 0 spiro atoms. The molecule has 0 bridgehead atoms. The van der Waals surface area contributed by atoms with Crippen LogP contribution in [0.1, 0.15) is 52.4 Å². The van der Waals surface area contributed by atoms with E-state index in [9.17, 15) is 8.78 Å². The van der Waals surface area contributed by atoms with Crippen molar-refractivity contribution >= 4 is 11.3 Å². The predicted octanol–water partition coefficient (Wildman–Crippen LogP) is 5.36. The van der Waals surface area contributed by atoms with Crippen LogP contribution in [0.4, 0.5) is 8.78 Å². The fourth-order valence-electron chi connectivity index (χ4n) is 2.63. The van der Waals surface area contributed by atoms with Crippen molar-refractivity contribution in [2.24, 2.45) is 0 Å². The first-order chi connectivity index (χ1) is 9.79. The van der Waals surface area contributed by atoms with Gasteiger partial charge < -0.3 is 5.32 Å². The smallest absolute Gasteiger partial charge is 0.128 e. The molecular weight excluding hydrogens is 288 g/mol. The van der Waals surface area contributed by atoms with E-state index in [1.165, 1.54) is 27.5 Å². The summed E-state index contributed by atoms with van der Waals surface area (Å²) in [6.45, 7) is 9.64. The van der Waals surface area contributed by atoms with Gasteiger partial charge in [0.25, 0.3) is 0 Å². The maximum Gasteiger partial charge on any atom is 0.128 e. The quantitative estimate of drug-likeness (QED) is 0.801. The zero-order valence-electron chi connectivity index (χ0n) is 13.1. The maximum absolute atomic E-state index is 14.0. The molecule has 2 rings (SSSR count). The van der Waals surface area contributed by atoms with E-state index in [2.05, 4.69) is 25.2 Å². The molecule has 0 radical (unpaired) electrons. The summed E-state index contributed by atoms with van der Waals surface area (Å²) in [5, 5.41) is 3.35. The Hall–Kier alpha value is -1.26. The highest BCUT2D eigenvalue weighted by Gasteiger charge is 2.18. The van der Waals surface area contributed by atoms with E-state index < -0.39 is 0 Å². The Morgan fingerprint density at radius 1 is 0.905 bits per heavy atom. The molecule has 2 atom stereocenters. The van der Waals surface area contributed by atoms with Gasteiger partial charge in [-0.15, -0.1) is 11.3 Å². The summed E-state index contributed by atoms with van der Waals surface area (Å²) in [7, 11) is 0. The second-order valence-corrected chi connectivity index (χ2v) is 7.06. The van der Waals surface area contributed by atoms with Gasteiger partial charge in [-0.2, -0.15) is 0 Å². The molecule has 2 aromatic rings. The summed E-state index contributed by atoms with van der Waals surface area (Å²) in [5.41, 5.74) is 1.92. The molecule has 0 fully saturated rings. The predicted molar refractivity (Wildman–Crippen MR) is 84.9 cm³/mol. The molecule has 0 amide bonds. The minimum absolute atomic E-state index is 0.0914. The molecule has 0 aliphatic carbocycles. The lowest BCUT2D eigenvalue weighted by Gasteiger charge is -2.21. The SMILES string of the molecule is Cc1cc(C(C)NC(C)c2cc(F)c(C)cc2F)c(C)s1. The van der Waals surface area contributed by atoms with E-state index in [-0.39, 0.29) is 23.7 Å². The molecular formula is C17H21F2NS. The number of hydrogen-bond acceptors (Lipinski definition) is 2. The van der Waals surface area contributed by atoms with Crippen molar-refractivity contribution < 1.29 is 8.78 Å². The molecule has 4 heteroatoms. The van der Waals surface area contributed by atoms with Crippen LogP contribution in [0.25, 0.3) is 0 Å². The minimum atomic E-state index is -0.365. The van der Waals surface area contributed by atoms with Gasteiger partial charge in [0.15, 0.2) is 0 Å². The molecule has 0 saturated carbocycles. The Kier molecular flexibility index (Phi) is 4.79. The van der Waals surface area contributed by atoms with Crippen molar-refractivity contribution in [2.45, 2.75) is 46.7 Å². The van der Waals surface area contributed by atoms with Crippen molar-refractivity contribution in [1.82, 2.24) is 5.32 Å². The van der Waals surface area contributed by atoms with Crippen LogP contribution in [0, 0.1) is 32.4 Å². The number of thiophene rings is 1. The van der Waals surface area contributed by atoms with Gasteiger partial charge in [-0.1, -0.05) is 0 Å². The molecule has 1 aromatic carbocycles. The van der Waals surface area contributed by atoms with E-state index in [0.717, 1.165) is 0 Å². The number of halogens is 2. The van der Waals surface area contributed by atoms with Crippen LogP contribution < -0.4 is 5.32 Å². The second-order valence-electron chi connectivity index (χ2n) is 5.60. The average molecular weight is 309 g/mol. The lowest BCUT2D eigenvalue weighted by atomic mass is 10.0. The minimum Gasteiger partial charge on any atom is -0.304 e. The van der Waals surface area contributed by atoms with Crippen molar-refractivity contribution in [3.05, 3.63) is 56.3 Å². The number of aryl methyl sites for hydroxylation is 3. The largest absolute Gasteiger partial charge is 0.304 e. The normalized spacial score (nSPS) is 14.2. The van der Waals surface area contributed by atoms with Crippen molar-refractivity contribution in [1.29, 1.82) is 0 Å². The number of rotatable bonds is 4. The van der Waals surface area contributed by atoms with E-state index >= 15 is 0 Å². The van der Waals surface area contributed by atoms with Crippen LogP contribution in [0.5, 0.6) is 0 Å². The summed E-state index contributed by atoms with van der Waals surface area (Å²) in [4.78, 5) is 2.52. The molecule has 0 saturated heterocycles. The second kappa shape index (κ2) is 6.24. The van der Waals surface area contributed by atoms with E-state index in [1.54, 1.807) is 18.3 Å². The van der Waals surface area contributed by atoms with Gasteiger partial charge in [-0.3, -0.25) is 0 Å². The third-order valence-corrected chi connectivity index (χ3v) is 4.77. The maximum atomic E-state index is 14.0. The molecule has 0 aliphatic rings. The molecule has 1 N–H and O–H groups in total. The molecule has 21 heavy (non-hydrogen) atoms. The molecule has 1 nitrogen and oxygen atoms in total. The molecule has 0 aliphatic heterocycles. The van der Waals surface area contributed by atoms with Crippen molar-refractivity contribution in [3.63, 3.8) is 0 Å². The summed E-state index contributed by atoms with van der Waals surface area (Å²) in [6, 6.07) is 4.54. The fraction of sp³-hybridized carbons (Fsp3) is 0.412. The Balaban J connectivity index is 2.20. The van der Waals surface area contributed by atoms with E-state index in [4.69, 9.17) is 0 Å². The highest BCUT2D eigenvalue weighted by Crippen LogP contribution is 2.29. The number of hydrogen-bond donors (Lipinski definition) is 1. The van der Waals surface area contributed by atoms with Gasteiger partial charge in [0, 0.05) is 27.4 Å². The highest BCUT2D eigenvalue weighted by molar-refractivity contribution is 7.12. The van der Waals surface area contributed by atoms with Gasteiger partial charge in [0.2, 0.25) is 0 Å². The van der Waals surface area contributed by atoms with E-state index in [0.29, 0.717) is 11.1 Å². The molecule has 1 aromatic heterocycles. The third kappa shape index (κ3) is 3.50. The monoisotopic (exact) mass is 309 g/mol. The van der Waals surface area contributed by atoms with Gasteiger partial charge in [0.05, 0.1) is 0 Å². The lowest BCUT2D eigenvalue weighted by molar-refractivity contribution is 0.468. The van der Waals surface area contributed by atoms with Gasteiger partial charge >= 0.3 is 0 Å². The van der Waals surface area contributed by atoms with Crippen LogP contribution in [-0.2, 0) is 0 Å². The van der Waals surface area contributed by atoms with Crippen molar-refractivity contribution in [2.75, 3.05) is 0 Å². The standard InChI is InChI=1S/C17H21F2NS/c1-9-6-17(19)15(8-16(9)18)12(4)20-11(3)14-7-10(2)21-13(14)5/h6-8,11-12,20H,1-5H3. The number of nitrogens with one attached hydrogen (secondary N) is 1. The number of benzene rings is 1. The first-order valence-electron chi connectivity index (χ1n) is 7.08. The Morgan fingerprint density at radius 2 is 1.52 bits per heavy atom. The van der Waals surface area contributed by atoms with Crippen LogP contribution in [0.15, 0.2) is 18.2 Å². The summed E-state index contributed by atoms with van der Waals surface area (Å²) in [6.07, 6.45) is 0. The van der Waals surface area contributed by atoms with Crippen LogP contribution in [0.2, 0.25) is 0 Å². The lowest BCUT2D eigenvalue weighted by Crippen LogP contribution is -2.23. The fourth-order valence-corrected chi connectivity index (χ4v) is 3.65. The third-order valence-electron chi connectivity index (χ3n) is 3.79. The zero-order valence-corrected chi connectivity index (χ0v) is 13.9. The first kappa shape index (κ1) is 16.1.